The lowest BCUT2D eigenvalue weighted by molar-refractivity contribution is -0.134. The maximum Gasteiger partial charge on any atom is 0.237 e. The van der Waals surface area contributed by atoms with Crippen molar-refractivity contribution in [2.75, 3.05) is 19.6 Å². The SMILES string of the molecule is NC(=O)CNC(=O)C[C@@H]1C(=O)NCCN1Cc1ccc(-c2ccccc2)cc1. The minimum absolute atomic E-state index is 0.0127. The fourth-order valence-corrected chi connectivity index (χ4v) is 3.27. The number of hydrogen-bond acceptors (Lipinski definition) is 4. The number of piperazine rings is 1. The monoisotopic (exact) mass is 380 g/mol. The lowest BCUT2D eigenvalue weighted by Crippen LogP contribution is -2.56. The maximum atomic E-state index is 12.3. The third-order valence-corrected chi connectivity index (χ3v) is 4.73. The van der Waals surface area contributed by atoms with Gasteiger partial charge in [-0.05, 0) is 16.7 Å². The summed E-state index contributed by atoms with van der Waals surface area (Å²) in [5.41, 5.74) is 8.38. The number of rotatable bonds is 7. The van der Waals surface area contributed by atoms with Crippen molar-refractivity contribution in [1.29, 1.82) is 0 Å². The van der Waals surface area contributed by atoms with E-state index in [9.17, 15) is 14.4 Å². The summed E-state index contributed by atoms with van der Waals surface area (Å²) in [7, 11) is 0. The van der Waals surface area contributed by atoms with Crippen LogP contribution in [0.4, 0.5) is 0 Å². The van der Waals surface area contributed by atoms with E-state index in [0.717, 1.165) is 16.7 Å². The van der Waals surface area contributed by atoms with Crippen molar-refractivity contribution in [1.82, 2.24) is 15.5 Å². The number of nitrogens with zero attached hydrogens (tertiary/aromatic N) is 1. The molecule has 1 aliphatic heterocycles. The predicted molar refractivity (Wildman–Crippen MR) is 106 cm³/mol. The van der Waals surface area contributed by atoms with E-state index in [4.69, 9.17) is 5.73 Å². The number of amides is 3. The molecule has 7 heteroatoms. The Kier molecular flexibility index (Phi) is 6.39. The van der Waals surface area contributed by atoms with Gasteiger partial charge in [-0.3, -0.25) is 19.3 Å². The second kappa shape index (κ2) is 9.14. The molecule has 2 aromatic rings. The first kappa shape index (κ1) is 19.6. The Bertz CT molecular complexity index is 836. The number of carbonyl (C=O) groups is 3. The molecule has 0 bridgehead atoms. The van der Waals surface area contributed by atoms with Crippen LogP contribution >= 0.6 is 0 Å². The van der Waals surface area contributed by atoms with Crippen molar-refractivity contribution in [3.8, 4) is 11.1 Å². The fraction of sp³-hybridized carbons (Fsp3) is 0.286. The highest BCUT2D eigenvalue weighted by Crippen LogP contribution is 2.21. The van der Waals surface area contributed by atoms with Gasteiger partial charge in [-0.2, -0.15) is 0 Å². The summed E-state index contributed by atoms with van der Waals surface area (Å²) in [5, 5.41) is 5.24. The minimum atomic E-state index is -0.614. The fourth-order valence-electron chi connectivity index (χ4n) is 3.27. The van der Waals surface area contributed by atoms with E-state index in [0.29, 0.717) is 19.6 Å². The van der Waals surface area contributed by atoms with Crippen LogP contribution in [0.1, 0.15) is 12.0 Å². The quantitative estimate of drug-likeness (QED) is 0.656. The van der Waals surface area contributed by atoms with Crippen molar-refractivity contribution < 1.29 is 14.4 Å². The van der Waals surface area contributed by atoms with E-state index in [1.54, 1.807) is 0 Å². The molecule has 0 unspecified atom stereocenters. The van der Waals surface area contributed by atoms with Crippen LogP contribution in [0.5, 0.6) is 0 Å². The Morgan fingerprint density at radius 2 is 1.75 bits per heavy atom. The number of carbonyl (C=O) groups excluding carboxylic acids is 3. The summed E-state index contributed by atoms with van der Waals surface area (Å²) in [6.45, 7) is 1.53. The second-order valence-corrected chi connectivity index (χ2v) is 6.79. The summed E-state index contributed by atoms with van der Waals surface area (Å²) in [6.07, 6.45) is -0.0127. The average Bonchev–Trinajstić information content (AvgIpc) is 2.70. The molecule has 1 aliphatic rings. The zero-order valence-corrected chi connectivity index (χ0v) is 15.6. The van der Waals surface area contributed by atoms with Crippen LogP contribution in [0.25, 0.3) is 11.1 Å². The summed E-state index contributed by atoms with van der Waals surface area (Å²) in [6, 6.07) is 17.7. The van der Waals surface area contributed by atoms with Gasteiger partial charge >= 0.3 is 0 Å². The van der Waals surface area contributed by atoms with Crippen molar-refractivity contribution in [3.05, 3.63) is 60.2 Å². The van der Waals surface area contributed by atoms with Crippen LogP contribution in [0, 0.1) is 0 Å². The van der Waals surface area contributed by atoms with Gasteiger partial charge in [-0.1, -0.05) is 54.6 Å². The third-order valence-electron chi connectivity index (χ3n) is 4.73. The molecule has 7 nitrogen and oxygen atoms in total. The van der Waals surface area contributed by atoms with Gasteiger partial charge in [0.2, 0.25) is 17.7 Å². The molecule has 2 aromatic carbocycles. The molecule has 0 aliphatic carbocycles. The van der Waals surface area contributed by atoms with Crippen LogP contribution in [0.3, 0.4) is 0 Å². The smallest absolute Gasteiger partial charge is 0.237 e. The summed E-state index contributed by atoms with van der Waals surface area (Å²) in [4.78, 5) is 37.1. The lowest BCUT2D eigenvalue weighted by Gasteiger charge is -2.34. The predicted octanol–water partition coefficient (Wildman–Crippen LogP) is 0.646. The largest absolute Gasteiger partial charge is 0.368 e. The normalized spacial score (nSPS) is 17.0. The zero-order chi connectivity index (χ0) is 19.9. The molecule has 1 saturated heterocycles. The van der Waals surface area contributed by atoms with Crippen LogP contribution < -0.4 is 16.4 Å². The lowest BCUT2D eigenvalue weighted by atomic mass is 10.0. The van der Waals surface area contributed by atoms with Gasteiger partial charge in [0.05, 0.1) is 19.0 Å². The number of nitrogens with one attached hydrogen (secondary N) is 2. The summed E-state index contributed by atoms with van der Waals surface area (Å²) >= 11 is 0. The summed E-state index contributed by atoms with van der Waals surface area (Å²) < 4.78 is 0. The van der Waals surface area contributed by atoms with Gasteiger partial charge in [0.25, 0.3) is 0 Å². The summed E-state index contributed by atoms with van der Waals surface area (Å²) in [5.74, 6) is -1.16. The Morgan fingerprint density at radius 1 is 1.07 bits per heavy atom. The number of nitrogens with two attached hydrogens (primary N) is 1. The number of benzene rings is 2. The first-order chi connectivity index (χ1) is 13.5. The van der Waals surface area contributed by atoms with Crippen molar-refractivity contribution in [2.24, 2.45) is 5.73 Å². The Balaban J connectivity index is 1.66. The molecule has 28 heavy (non-hydrogen) atoms. The number of hydrogen-bond donors (Lipinski definition) is 3. The van der Waals surface area contributed by atoms with Gasteiger partial charge in [0, 0.05) is 19.6 Å². The molecule has 146 valence electrons. The van der Waals surface area contributed by atoms with E-state index in [-0.39, 0.29) is 24.8 Å². The molecular weight excluding hydrogens is 356 g/mol. The molecular formula is C21H24N4O3. The molecule has 3 amide bonds. The van der Waals surface area contributed by atoms with Gasteiger partial charge in [-0.15, -0.1) is 0 Å². The van der Waals surface area contributed by atoms with Crippen LogP contribution in [-0.2, 0) is 20.9 Å². The topological polar surface area (TPSA) is 105 Å². The molecule has 1 atom stereocenters. The van der Waals surface area contributed by atoms with Gasteiger partial charge in [0.15, 0.2) is 0 Å². The first-order valence-corrected chi connectivity index (χ1v) is 9.24. The average molecular weight is 380 g/mol. The van der Waals surface area contributed by atoms with Crippen LogP contribution in [0.2, 0.25) is 0 Å². The van der Waals surface area contributed by atoms with Crippen LogP contribution in [0.15, 0.2) is 54.6 Å². The Labute approximate surface area is 163 Å². The third kappa shape index (κ3) is 5.17. The van der Waals surface area contributed by atoms with Crippen molar-refractivity contribution in [2.45, 2.75) is 19.0 Å². The molecule has 1 fully saturated rings. The van der Waals surface area contributed by atoms with Gasteiger partial charge in [-0.25, -0.2) is 0 Å². The molecule has 0 radical (unpaired) electrons. The standard InChI is InChI=1S/C21H24N4O3/c22-19(26)13-24-20(27)12-18-21(28)23-10-11-25(18)14-15-6-8-17(9-7-15)16-4-2-1-3-5-16/h1-9,18H,10-14H2,(H2,22,26)(H,23,28)(H,24,27)/t18-/m1/s1. The first-order valence-electron chi connectivity index (χ1n) is 9.24. The Morgan fingerprint density at radius 3 is 2.43 bits per heavy atom. The highest BCUT2D eigenvalue weighted by Gasteiger charge is 2.31. The highest BCUT2D eigenvalue weighted by atomic mass is 16.2. The van der Waals surface area contributed by atoms with E-state index >= 15 is 0 Å². The van der Waals surface area contributed by atoms with E-state index in [2.05, 4.69) is 34.9 Å². The van der Waals surface area contributed by atoms with Gasteiger partial charge < -0.3 is 16.4 Å². The molecule has 0 spiro atoms. The van der Waals surface area contributed by atoms with Crippen molar-refractivity contribution in [3.63, 3.8) is 0 Å². The van der Waals surface area contributed by atoms with Gasteiger partial charge in [0.1, 0.15) is 0 Å². The maximum absolute atomic E-state index is 12.3. The van der Waals surface area contributed by atoms with E-state index in [1.807, 2.05) is 35.2 Å². The van der Waals surface area contributed by atoms with Crippen LogP contribution in [-0.4, -0.2) is 48.3 Å². The van der Waals surface area contributed by atoms with Crippen molar-refractivity contribution >= 4 is 17.7 Å². The Hall–Kier alpha value is -3.19. The van der Waals surface area contributed by atoms with E-state index < -0.39 is 11.9 Å². The number of primary amides is 1. The molecule has 0 aromatic heterocycles. The molecule has 3 rings (SSSR count). The zero-order valence-electron chi connectivity index (χ0n) is 15.6. The minimum Gasteiger partial charge on any atom is -0.368 e. The molecule has 4 N–H and O–H groups in total. The molecule has 1 heterocycles. The second-order valence-electron chi connectivity index (χ2n) is 6.79. The highest BCUT2D eigenvalue weighted by molar-refractivity contribution is 5.90. The molecule has 0 saturated carbocycles. The van der Waals surface area contributed by atoms with E-state index in [1.165, 1.54) is 0 Å².